The van der Waals surface area contributed by atoms with Crippen LogP contribution < -0.4 is 10.6 Å². The predicted octanol–water partition coefficient (Wildman–Crippen LogP) is 3.43. The summed E-state index contributed by atoms with van der Waals surface area (Å²) in [7, 11) is 0. The topological polar surface area (TPSA) is 58.2 Å². The van der Waals surface area contributed by atoms with E-state index in [1.54, 1.807) is 0 Å². The zero-order valence-electron chi connectivity index (χ0n) is 15.0. The minimum absolute atomic E-state index is 0.0131. The summed E-state index contributed by atoms with van der Waals surface area (Å²) in [5.74, 6) is 0.484. The first-order chi connectivity index (χ1) is 12.7. The highest BCUT2D eigenvalue weighted by Crippen LogP contribution is 2.20. The van der Waals surface area contributed by atoms with Crippen molar-refractivity contribution >= 4 is 11.7 Å². The van der Waals surface area contributed by atoms with Gasteiger partial charge in [-0.05, 0) is 43.0 Å². The summed E-state index contributed by atoms with van der Waals surface area (Å²) in [4.78, 5) is 24.3. The molecule has 2 N–H and O–H groups in total. The van der Waals surface area contributed by atoms with Crippen molar-refractivity contribution in [2.24, 2.45) is 5.92 Å². The van der Waals surface area contributed by atoms with E-state index in [0.29, 0.717) is 18.0 Å². The Balaban J connectivity index is 1.45. The van der Waals surface area contributed by atoms with Crippen LogP contribution in [0, 0.1) is 5.92 Å². The molecule has 1 heterocycles. The molecule has 136 valence electrons. The first-order valence-corrected chi connectivity index (χ1v) is 9.38. The molecule has 0 spiro atoms. The second kappa shape index (κ2) is 9.30. The van der Waals surface area contributed by atoms with Gasteiger partial charge in [-0.1, -0.05) is 54.6 Å². The van der Waals surface area contributed by atoms with Crippen LogP contribution >= 0.6 is 0 Å². The molecule has 4 heteroatoms. The summed E-state index contributed by atoms with van der Waals surface area (Å²) >= 11 is 0. The molecule has 2 aromatic carbocycles. The van der Waals surface area contributed by atoms with Crippen LogP contribution in [-0.2, 0) is 4.79 Å². The van der Waals surface area contributed by atoms with E-state index in [1.807, 2.05) is 54.6 Å². The molecule has 1 saturated heterocycles. The SMILES string of the molecule is O=C(CCC(=O)c1ccc(-c2ccccc2)cc1)NCC1CCCNC1. The van der Waals surface area contributed by atoms with Crippen molar-refractivity contribution in [3.05, 3.63) is 60.2 Å². The third-order valence-electron chi connectivity index (χ3n) is 4.88. The number of nitrogens with one attached hydrogen (secondary N) is 2. The van der Waals surface area contributed by atoms with Crippen molar-refractivity contribution in [1.82, 2.24) is 10.6 Å². The first-order valence-electron chi connectivity index (χ1n) is 9.38. The number of piperidine rings is 1. The Morgan fingerprint density at radius 1 is 0.962 bits per heavy atom. The molecule has 1 atom stereocenters. The molecule has 1 aliphatic heterocycles. The average molecular weight is 350 g/mol. The van der Waals surface area contributed by atoms with Crippen LogP contribution in [0.4, 0.5) is 0 Å². The molecule has 0 aromatic heterocycles. The zero-order valence-corrected chi connectivity index (χ0v) is 15.0. The van der Waals surface area contributed by atoms with E-state index < -0.39 is 0 Å². The van der Waals surface area contributed by atoms with Crippen LogP contribution in [0.1, 0.15) is 36.0 Å². The van der Waals surface area contributed by atoms with Gasteiger partial charge in [0, 0.05) is 24.9 Å². The lowest BCUT2D eigenvalue weighted by molar-refractivity contribution is -0.121. The van der Waals surface area contributed by atoms with Crippen LogP contribution in [0.2, 0.25) is 0 Å². The van der Waals surface area contributed by atoms with Crippen LogP contribution in [0.25, 0.3) is 11.1 Å². The number of rotatable bonds is 7. The minimum Gasteiger partial charge on any atom is -0.356 e. The van der Waals surface area contributed by atoms with Gasteiger partial charge in [-0.25, -0.2) is 0 Å². The van der Waals surface area contributed by atoms with Gasteiger partial charge in [0.05, 0.1) is 0 Å². The Bertz CT molecular complexity index is 720. The van der Waals surface area contributed by atoms with Gasteiger partial charge < -0.3 is 10.6 Å². The van der Waals surface area contributed by atoms with Gasteiger partial charge in [-0.3, -0.25) is 9.59 Å². The highest BCUT2D eigenvalue weighted by molar-refractivity contribution is 5.98. The second-order valence-corrected chi connectivity index (χ2v) is 6.88. The maximum absolute atomic E-state index is 12.3. The smallest absolute Gasteiger partial charge is 0.220 e. The van der Waals surface area contributed by atoms with E-state index in [2.05, 4.69) is 10.6 Å². The van der Waals surface area contributed by atoms with Crippen molar-refractivity contribution in [3.8, 4) is 11.1 Å². The summed E-state index contributed by atoms with van der Waals surface area (Å²) in [6, 6.07) is 17.7. The highest BCUT2D eigenvalue weighted by atomic mass is 16.2. The zero-order chi connectivity index (χ0) is 18.2. The summed E-state index contributed by atoms with van der Waals surface area (Å²) < 4.78 is 0. The summed E-state index contributed by atoms with van der Waals surface area (Å²) in [5, 5.41) is 6.30. The molecule has 4 nitrogen and oxygen atoms in total. The van der Waals surface area contributed by atoms with E-state index in [4.69, 9.17) is 0 Å². The fraction of sp³-hybridized carbons (Fsp3) is 0.364. The fourth-order valence-electron chi connectivity index (χ4n) is 3.30. The summed E-state index contributed by atoms with van der Waals surface area (Å²) in [6.07, 6.45) is 2.82. The van der Waals surface area contributed by atoms with E-state index in [1.165, 1.54) is 0 Å². The number of carbonyl (C=O) groups excluding carboxylic acids is 2. The fourth-order valence-corrected chi connectivity index (χ4v) is 3.30. The average Bonchev–Trinajstić information content (AvgIpc) is 2.72. The van der Waals surface area contributed by atoms with Crippen LogP contribution in [0.3, 0.4) is 0 Å². The maximum atomic E-state index is 12.3. The largest absolute Gasteiger partial charge is 0.356 e. The molecule has 0 bridgehead atoms. The number of hydrogen-bond donors (Lipinski definition) is 2. The number of benzene rings is 2. The Labute approximate surface area is 155 Å². The van der Waals surface area contributed by atoms with Gasteiger partial charge in [0.15, 0.2) is 5.78 Å². The van der Waals surface area contributed by atoms with Crippen LogP contribution in [-0.4, -0.2) is 31.3 Å². The van der Waals surface area contributed by atoms with Gasteiger partial charge in [0.25, 0.3) is 0 Å². The van der Waals surface area contributed by atoms with Gasteiger partial charge in [0.2, 0.25) is 5.91 Å². The third-order valence-corrected chi connectivity index (χ3v) is 4.88. The van der Waals surface area contributed by atoms with Crippen molar-refractivity contribution in [1.29, 1.82) is 0 Å². The van der Waals surface area contributed by atoms with Crippen molar-refractivity contribution in [2.75, 3.05) is 19.6 Å². The van der Waals surface area contributed by atoms with Crippen LogP contribution in [0.5, 0.6) is 0 Å². The molecule has 1 fully saturated rings. The van der Waals surface area contributed by atoms with Crippen molar-refractivity contribution in [2.45, 2.75) is 25.7 Å². The molecular weight excluding hydrogens is 324 g/mol. The summed E-state index contributed by atoms with van der Waals surface area (Å²) in [6.45, 7) is 2.74. The van der Waals surface area contributed by atoms with E-state index in [9.17, 15) is 9.59 Å². The summed E-state index contributed by atoms with van der Waals surface area (Å²) in [5.41, 5.74) is 2.87. The van der Waals surface area contributed by atoms with Crippen molar-refractivity contribution in [3.63, 3.8) is 0 Å². The van der Waals surface area contributed by atoms with Crippen molar-refractivity contribution < 1.29 is 9.59 Å². The lowest BCUT2D eigenvalue weighted by Crippen LogP contribution is -2.38. The quantitative estimate of drug-likeness (QED) is 0.752. The predicted molar refractivity (Wildman–Crippen MR) is 104 cm³/mol. The lowest BCUT2D eigenvalue weighted by Gasteiger charge is -2.22. The molecule has 0 saturated carbocycles. The van der Waals surface area contributed by atoms with E-state index in [0.717, 1.165) is 37.1 Å². The molecular formula is C22H26N2O2. The molecule has 2 aromatic rings. The Hall–Kier alpha value is -2.46. The number of Topliss-reactive ketones (excluding diaryl/α,β-unsaturated/α-hetero) is 1. The molecule has 3 rings (SSSR count). The molecule has 0 radical (unpaired) electrons. The number of ketones is 1. The molecule has 26 heavy (non-hydrogen) atoms. The third kappa shape index (κ3) is 5.27. The standard InChI is InChI=1S/C22H26N2O2/c25-21(12-13-22(26)24-16-17-5-4-14-23-15-17)20-10-8-19(9-11-20)18-6-2-1-3-7-18/h1-3,6-11,17,23H,4-5,12-16H2,(H,24,26). The maximum Gasteiger partial charge on any atom is 0.220 e. The Kier molecular flexibility index (Phi) is 6.56. The lowest BCUT2D eigenvalue weighted by atomic mass is 9.99. The van der Waals surface area contributed by atoms with Gasteiger partial charge in [-0.15, -0.1) is 0 Å². The number of hydrogen-bond acceptors (Lipinski definition) is 3. The Morgan fingerprint density at radius 2 is 1.69 bits per heavy atom. The second-order valence-electron chi connectivity index (χ2n) is 6.88. The van der Waals surface area contributed by atoms with E-state index in [-0.39, 0.29) is 24.5 Å². The molecule has 1 amide bonds. The minimum atomic E-state index is -0.0372. The van der Waals surface area contributed by atoms with Crippen LogP contribution in [0.15, 0.2) is 54.6 Å². The Morgan fingerprint density at radius 3 is 2.38 bits per heavy atom. The highest BCUT2D eigenvalue weighted by Gasteiger charge is 2.14. The van der Waals surface area contributed by atoms with E-state index >= 15 is 0 Å². The first kappa shape index (κ1) is 18.3. The van der Waals surface area contributed by atoms with Gasteiger partial charge in [0.1, 0.15) is 0 Å². The normalized spacial score (nSPS) is 16.8. The molecule has 1 unspecified atom stereocenters. The monoisotopic (exact) mass is 350 g/mol. The van der Waals surface area contributed by atoms with Gasteiger partial charge in [-0.2, -0.15) is 0 Å². The van der Waals surface area contributed by atoms with Gasteiger partial charge >= 0.3 is 0 Å². The number of carbonyl (C=O) groups is 2. The molecule has 0 aliphatic carbocycles. The molecule has 1 aliphatic rings. The number of amides is 1.